The third-order valence-corrected chi connectivity index (χ3v) is 3.35. The van der Waals surface area contributed by atoms with E-state index in [9.17, 15) is 13.2 Å². The summed E-state index contributed by atoms with van der Waals surface area (Å²) in [6.45, 7) is 3.92. The lowest BCUT2D eigenvalue weighted by Gasteiger charge is -2.23. The van der Waals surface area contributed by atoms with Crippen molar-refractivity contribution in [2.45, 2.75) is 32.2 Å². The van der Waals surface area contributed by atoms with Crippen molar-refractivity contribution in [1.29, 1.82) is 0 Å². The van der Waals surface area contributed by atoms with Crippen LogP contribution in [0.25, 0.3) is 0 Å². The maximum Gasteiger partial charge on any atom is 0.229 e. The van der Waals surface area contributed by atoms with Gasteiger partial charge in [0.05, 0.1) is 6.26 Å². The maximum atomic E-state index is 11.1. The summed E-state index contributed by atoms with van der Waals surface area (Å²) in [4.78, 5) is 10.4. The molecule has 0 saturated heterocycles. The van der Waals surface area contributed by atoms with E-state index in [1.54, 1.807) is 12.1 Å². The van der Waals surface area contributed by atoms with Gasteiger partial charge in [-0.15, -0.1) is 0 Å². The number of rotatable bonds is 7. The molecule has 2 N–H and O–H groups in total. The molecule has 0 saturated carbocycles. The second-order valence-electron chi connectivity index (χ2n) is 5.22. The van der Waals surface area contributed by atoms with Crippen LogP contribution in [-0.2, 0) is 21.2 Å². The molecule has 19 heavy (non-hydrogen) atoms. The Kier molecular flexibility index (Phi) is 4.94. The number of hydrogen-bond acceptors (Lipinski definition) is 3. The van der Waals surface area contributed by atoms with Gasteiger partial charge >= 0.3 is 0 Å². The highest BCUT2D eigenvalue weighted by molar-refractivity contribution is 7.92. The second kappa shape index (κ2) is 6.06. The van der Waals surface area contributed by atoms with Crippen LogP contribution in [0.4, 0.5) is 5.69 Å². The molecular formula is C13H20N2O3S. The molecule has 1 rings (SSSR count). The predicted octanol–water partition coefficient (Wildman–Crippen LogP) is 1.52. The van der Waals surface area contributed by atoms with E-state index in [1.807, 2.05) is 26.0 Å². The zero-order valence-electron chi connectivity index (χ0n) is 11.4. The first kappa shape index (κ1) is 15.5. The molecule has 0 aliphatic heterocycles. The maximum absolute atomic E-state index is 11.1. The largest absolute Gasteiger partial charge is 0.354 e. The number of carbonyl (C=O) groups excluding carboxylic acids is 1. The molecule has 0 heterocycles. The van der Waals surface area contributed by atoms with Crippen molar-refractivity contribution < 1.29 is 13.2 Å². The number of nitrogens with one attached hydrogen (secondary N) is 2. The van der Waals surface area contributed by atoms with Crippen molar-refractivity contribution in [2.75, 3.05) is 11.0 Å². The molecule has 106 valence electrons. The third kappa shape index (κ3) is 6.24. The van der Waals surface area contributed by atoms with Crippen LogP contribution in [0.2, 0.25) is 0 Å². The van der Waals surface area contributed by atoms with Crippen LogP contribution < -0.4 is 10.0 Å². The molecular weight excluding hydrogens is 264 g/mol. The molecule has 0 bridgehead atoms. The first-order chi connectivity index (χ1) is 8.72. The molecule has 6 heteroatoms. The summed E-state index contributed by atoms with van der Waals surface area (Å²) in [5.41, 5.74) is 1.40. The average molecular weight is 284 g/mol. The SMILES string of the molecule is CC(C)(CCc1ccc(NS(C)(=O)=O)cc1)NC=O. The Morgan fingerprint density at radius 3 is 2.26 bits per heavy atom. The van der Waals surface area contributed by atoms with Gasteiger partial charge in [-0.3, -0.25) is 9.52 Å². The molecule has 0 spiro atoms. The summed E-state index contributed by atoms with van der Waals surface area (Å²) in [6.07, 6.45) is 3.45. The predicted molar refractivity (Wildman–Crippen MR) is 76.5 cm³/mol. The van der Waals surface area contributed by atoms with Gasteiger partial charge in [0.15, 0.2) is 0 Å². The lowest BCUT2D eigenvalue weighted by atomic mass is 9.95. The Balaban J connectivity index is 2.60. The van der Waals surface area contributed by atoms with Crippen molar-refractivity contribution in [3.05, 3.63) is 29.8 Å². The fourth-order valence-electron chi connectivity index (χ4n) is 1.64. The lowest BCUT2D eigenvalue weighted by Crippen LogP contribution is -2.38. The lowest BCUT2D eigenvalue weighted by molar-refractivity contribution is -0.110. The van der Waals surface area contributed by atoms with E-state index in [0.29, 0.717) is 12.1 Å². The second-order valence-corrected chi connectivity index (χ2v) is 6.97. The number of amides is 1. The zero-order chi connectivity index (χ0) is 14.5. The van der Waals surface area contributed by atoms with Gasteiger partial charge in [0.25, 0.3) is 0 Å². The molecule has 1 aromatic carbocycles. The summed E-state index contributed by atoms with van der Waals surface area (Å²) < 4.78 is 24.5. The monoisotopic (exact) mass is 284 g/mol. The van der Waals surface area contributed by atoms with E-state index in [2.05, 4.69) is 10.0 Å². The average Bonchev–Trinajstić information content (AvgIpc) is 2.26. The van der Waals surface area contributed by atoms with Gasteiger partial charge in [-0.05, 0) is 44.4 Å². The highest BCUT2D eigenvalue weighted by atomic mass is 32.2. The van der Waals surface area contributed by atoms with Crippen molar-refractivity contribution in [3.63, 3.8) is 0 Å². The van der Waals surface area contributed by atoms with Gasteiger partial charge in [0, 0.05) is 11.2 Å². The van der Waals surface area contributed by atoms with E-state index < -0.39 is 10.0 Å². The molecule has 0 aliphatic rings. The fourth-order valence-corrected chi connectivity index (χ4v) is 2.21. The summed E-state index contributed by atoms with van der Waals surface area (Å²) in [5.74, 6) is 0. The molecule has 0 unspecified atom stereocenters. The van der Waals surface area contributed by atoms with Crippen LogP contribution in [0.5, 0.6) is 0 Å². The van der Waals surface area contributed by atoms with Gasteiger partial charge in [-0.25, -0.2) is 8.42 Å². The third-order valence-electron chi connectivity index (χ3n) is 2.75. The van der Waals surface area contributed by atoms with Crippen LogP contribution in [-0.4, -0.2) is 26.6 Å². The summed E-state index contributed by atoms with van der Waals surface area (Å²) in [5, 5.41) is 2.76. The van der Waals surface area contributed by atoms with E-state index >= 15 is 0 Å². The number of benzene rings is 1. The molecule has 1 aromatic rings. The zero-order valence-corrected chi connectivity index (χ0v) is 12.3. The summed E-state index contributed by atoms with van der Waals surface area (Å²) in [6, 6.07) is 7.22. The topological polar surface area (TPSA) is 75.3 Å². The first-order valence-electron chi connectivity index (χ1n) is 6.00. The first-order valence-corrected chi connectivity index (χ1v) is 7.89. The summed E-state index contributed by atoms with van der Waals surface area (Å²) >= 11 is 0. The van der Waals surface area contributed by atoms with Gasteiger partial charge in [-0.1, -0.05) is 12.1 Å². The minimum atomic E-state index is -3.23. The molecule has 0 aliphatic carbocycles. The van der Waals surface area contributed by atoms with Crippen molar-refractivity contribution in [1.82, 2.24) is 5.32 Å². The highest BCUT2D eigenvalue weighted by Crippen LogP contribution is 2.16. The smallest absolute Gasteiger partial charge is 0.229 e. The molecule has 0 radical (unpaired) electrons. The van der Waals surface area contributed by atoms with Gasteiger partial charge in [0.2, 0.25) is 16.4 Å². The Labute approximate surface area is 114 Å². The minimum Gasteiger partial charge on any atom is -0.354 e. The van der Waals surface area contributed by atoms with Gasteiger partial charge < -0.3 is 5.32 Å². The molecule has 0 fully saturated rings. The summed E-state index contributed by atoms with van der Waals surface area (Å²) in [7, 11) is -3.23. The van der Waals surface area contributed by atoms with Crippen molar-refractivity contribution in [2.24, 2.45) is 0 Å². The minimum absolute atomic E-state index is 0.245. The highest BCUT2D eigenvalue weighted by Gasteiger charge is 2.15. The van der Waals surface area contributed by atoms with Crippen LogP contribution in [0, 0.1) is 0 Å². The Hall–Kier alpha value is -1.56. The standard InChI is InChI=1S/C13H20N2O3S/c1-13(2,14-10-16)9-8-11-4-6-12(7-5-11)15-19(3,17)18/h4-7,10,15H,8-9H2,1-3H3,(H,14,16). The number of carbonyl (C=O) groups is 1. The number of aryl methyl sites for hydroxylation is 1. The van der Waals surface area contributed by atoms with Gasteiger partial charge in [-0.2, -0.15) is 0 Å². The van der Waals surface area contributed by atoms with Crippen LogP contribution in [0.15, 0.2) is 24.3 Å². The number of anilines is 1. The van der Waals surface area contributed by atoms with Crippen molar-refractivity contribution in [3.8, 4) is 0 Å². The van der Waals surface area contributed by atoms with Crippen molar-refractivity contribution >= 4 is 22.1 Å². The van der Waals surface area contributed by atoms with Gasteiger partial charge in [0.1, 0.15) is 0 Å². The van der Waals surface area contributed by atoms with E-state index in [4.69, 9.17) is 0 Å². The van der Waals surface area contributed by atoms with Crippen LogP contribution in [0.1, 0.15) is 25.8 Å². The van der Waals surface area contributed by atoms with E-state index in [1.165, 1.54) is 0 Å². The van der Waals surface area contributed by atoms with Crippen LogP contribution in [0.3, 0.4) is 0 Å². The molecule has 0 aromatic heterocycles. The van der Waals surface area contributed by atoms with E-state index in [0.717, 1.165) is 24.7 Å². The van der Waals surface area contributed by atoms with E-state index in [-0.39, 0.29) is 5.54 Å². The van der Waals surface area contributed by atoms with Crippen LogP contribution >= 0.6 is 0 Å². The fraction of sp³-hybridized carbons (Fsp3) is 0.462. The Bertz CT molecular complexity index is 521. The number of sulfonamides is 1. The molecule has 0 atom stereocenters. The normalized spacial score (nSPS) is 11.9. The Morgan fingerprint density at radius 1 is 1.21 bits per heavy atom. The Morgan fingerprint density at radius 2 is 1.79 bits per heavy atom. The number of hydrogen-bond donors (Lipinski definition) is 2. The molecule has 1 amide bonds. The quantitative estimate of drug-likeness (QED) is 0.745. The molecule has 5 nitrogen and oxygen atoms in total.